The standard InChI is InChI=1S/C20H19Br2N3O2/c1-2-3-12-27-18(26)13-25-20(15-6-10-17(22)11-7-15)19(23-24-25)14-4-8-16(21)9-5-14/h4-11H,2-3,12-13H2,1H3. The quantitative estimate of drug-likeness (QED) is 0.323. The van der Waals surface area contributed by atoms with Crippen molar-refractivity contribution in [2.45, 2.75) is 26.3 Å². The summed E-state index contributed by atoms with van der Waals surface area (Å²) in [4.78, 5) is 12.2. The molecule has 0 spiro atoms. The molecule has 0 aliphatic carbocycles. The highest BCUT2D eigenvalue weighted by Gasteiger charge is 2.19. The number of hydrogen-bond acceptors (Lipinski definition) is 4. The molecule has 0 fully saturated rings. The highest BCUT2D eigenvalue weighted by atomic mass is 79.9. The van der Waals surface area contributed by atoms with E-state index in [9.17, 15) is 4.79 Å². The van der Waals surface area contributed by atoms with Crippen LogP contribution < -0.4 is 0 Å². The van der Waals surface area contributed by atoms with Gasteiger partial charge in [-0.1, -0.05) is 74.7 Å². The second-order valence-electron chi connectivity index (χ2n) is 6.03. The molecule has 2 aromatic carbocycles. The first-order valence-electron chi connectivity index (χ1n) is 8.69. The number of esters is 1. The van der Waals surface area contributed by atoms with E-state index in [1.807, 2.05) is 48.5 Å². The van der Waals surface area contributed by atoms with Gasteiger partial charge in [0.25, 0.3) is 0 Å². The Kier molecular flexibility index (Phi) is 6.79. The second kappa shape index (κ2) is 9.28. The smallest absolute Gasteiger partial charge is 0.327 e. The van der Waals surface area contributed by atoms with Crippen LogP contribution in [0, 0.1) is 0 Å². The van der Waals surface area contributed by atoms with Crippen molar-refractivity contribution in [3.05, 3.63) is 57.5 Å². The predicted octanol–water partition coefficient (Wildman–Crippen LogP) is 5.48. The van der Waals surface area contributed by atoms with E-state index < -0.39 is 0 Å². The van der Waals surface area contributed by atoms with Gasteiger partial charge in [-0.2, -0.15) is 0 Å². The Balaban J connectivity index is 1.97. The number of halogens is 2. The summed E-state index contributed by atoms with van der Waals surface area (Å²) in [6.45, 7) is 2.51. The fraction of sp³-hybridized carbons (Fsp3) is 0.250. The molecule has 1 aromatic heterocycles. The van der Waals surface area contributed by atoms with E-state index >= 15 is 0 Å². The number of carbonyl (C=O) groups excluding carboxylic acids is 1. The number of benzene rings is 2. The number of carbonyl (C=O) groups is 1. The van der Waals surface area contributed by atoms with Crippen LogP contribution in [0.3, 0.4) is 0 Å². The molecular weight excluding hydrogens is 474 g/mol. The lowest BCUT2D eigenvalue weighted by Gasteiger charge is -2.09. The van der Waals surface area contributed by atoms with Crippen LogP contribution in [-0.4, -0.2) is 27.6 Å². The van der Waals surface area contributed by atoms with Crippen molar-refractivity contribution in [1.29, 1.82) is 0 Å². The van der Waals surface area contributed by atoms with Crippen molar-refractivity contribution in [2.24, 2.45) is 0 Å². The lowest BCUT2D eigenvalue weighted by molar-refractivity contribution is -0.144. The summed E-state index contributed by atoms with van der Waals surface area (Å²) in [7, 11) is 0. The van der Waals surface area contributed by atoms with Gasteiger partial charge in [0.1, 0.15) is 12.2 Å². The number of aromatic nitrogens is 3. The van der Waals surface area contributed by atoms with Crippen LogP contribution in [0.15, 0.2) is 57.5 Å². The van der Waals surface area contributed by atoms with Crippen LogP contribution >= 0.6 is 31.9 Å². The molecule has 0 atom stereocenters. The maximum Gasteiger partial charge on any atom is 0.327 e. The van der Waals surface area contributed by atoms with Crippen molar-refractivity contribution in [3.8, 4) is 22.5 Å². The Morgan fingerprint density at radius 3 is 2.19 bits per heavy atom. The topological polar surface area (TPSA) is 57.0 Å². The molecule has 5 nitrogen and oxygen atoms in total. The molecule has 0 amide bonds. The first kappa shape index (κ1) is 19.8. The fourth-order valence-electron chi connectivity index (χ4n) is 2.62. The summed E-state index contributed by atoms with van der Waals surface area (Å²) in [5.41, 5.74) is 3.38. The van der Waals surface area contributed by atoms with Crippen LogP contribution in [-0.2, 0) is 16.1 Å². The number of unbranched alkanes of at least 4 members (excludes halogenated alkanes) is 1. The van der Waals surface area contributed by atoms with E-state index in [1.54, 1.807) is 4.68 Å². The van der Waals surface area contributed by atoms with E-state index in [4.69, 9.17) is 4.74 Å². The van der Waals surface area contributed by atoms with Crippen molar-refractivity contribution in [2.75, 3.05) is 6.61 Å². The predicted molar refractivity (Wildman–Crippen MR) is 112 cm³/mol. The van der Waals surface area contributed by atoms with Gasteiger partial charge in [0, 0.05) is 20.1 Å². The summed E-state index contributed by atoms with van der Waals surface area (Å²) < 4.78 is 8.86. The monoisotopic (exact) mass is 491 g/mol. The number of rotatable bonds is 7. The summed E-state index contributed by atoms with van der Waals surface area (Å²) >= 11 is 6.91. The van der Waals surface area contributed by atoms with E-state index in [0.29, 0.717) is 6.61 Å². The maximum atomic E-state index is 12.2. The molecule has 7 heteroatoms. The zero-order valence-electron chi connectivity index (χ0n) is 14.9. The van der Waals surface area contributed by atoms with Crippen LogP contribution in [0.2, 0.25) is 0 Å². The minimum atomic E-state index is -0.311. The molecular formula is C20H19Br2N3O2. The van der Waals surface area contributed by atoms with Crippen LogP contribution in [0.25, 0.3) is 22.5 Å². The van der Waals surface area contributed by atoms with Gasteiger partial charge < -0.3 is 4.74 Å². The minimum Gasteiger partial charge on any atom is -0.464 e. The number of nitrogens with zero attached hydrogens (tertiary/aromatic N) is 3. The van der Waals surface area contributed by atoms with Crippen molar-refractivity contribution < 1.29 is 9.53 Å². The third-order valence-corrected chi connectivity index (χ3v) is 5.07. The summed E-state index contributed by atoms with van der Waals surface area (Å²) in [5, 5.41) is 8.57. The van der Waals surface area contributed by atoms with Crippen molar-refractivity contribution >= 4 is 37.8 Å². The minimum absolute atomic E-state index is 0.0264. The summed E-state index contributed by atoms with van der Waals surface area (Å²) in [6, 6.07) is 15.7. The lowest BCUT2D eigenvalue weighted by atomic mass is 10.0. The Morgan fingerprint density at radius 2 is 1.59 bits per heavy atom. The van der Waals surface area contributed by atoms with Gasteiger partial charge in [-0.15, -0.1) is 5.10 Å². The molecule has 0 radical (unpaired) electrons. The fourth-order valence-corrected chi connectivity index (χ4v) is 3.15. The van der Waals surface area contributed by atoms with Gasteiger partial charge >= 0.3 is 5.97 Å². The number of hydrogen-bond donors (Lipinski definition) is 0. The SMILES string of the molecule is CCCCOC(=O)Cn1nnc(-c2ccc(Br)cc2)c1-c1ccc(Br)cc1. The van der Waals surface area contributed by atoms with E-state index in [0.717, 1.165) is 44.3 Å². The van der Waals surface area contributed by atoms with Gasteiger partial charge in [0.05, 0.1) is 12.3 Å². The second-order valence-corrected chi connectivity index (χ2v) is 7.86. The molecule has 3 rings (SSSR count). The van der Waals surface area contributed by atoms with Gasteiger partial charge in [-0.3, -0.25) is 4.79 Å². The Hall–Kier alpha value is -1.99. The Bertz CT molecular complexity index is 906. The largest absolute Gasteiger partial charge is 0.464 e. The normalized spacial score (nSPS) is 10.8. The van der Waals surface area contributed by atoms with Crippen molar-refractivity contribution in [1.82, 2.24) is 15.0 Å². The van der Waals surface area contributed by atoms with Gasteiger partial charge in [0.2, 0.25) is 0 Å². The molecule has 0 aliphatic heterocycles. The highest BCUT2D eigenvalue weighted by Crippen LogP contribution is 2.31. The van der Waals surface area contributed by atoms with Crippen LogP contribution in [0.4, 0.5) is 0 Å². The summed E-state index contributed by atoms with van der Waals surface area (Å²) in [6.07, 6.45) is 1.83. The molecule has 0 bridgehead atoms. The van der Waals surface area contributed by atoms with Gasteiger partial charge in [0.15, 0.2) is 0 Å². The zero-order valence-corrected chi connectivity index (χ0v) is 18.0. The van der Waals surface area contributed by atoms with E-state index in [1.165, 1.54) is 0 Å². The molecule has 0 unspecified atom stereocenters. The molecule has 3 aromatic rings. The molecule has 140 valence electrons. The highest BCUT2D eigenvalue weighted by molar-refractivity contribution is 9.10. The average molecular weight is 493 g/mol. The Morgan fingerprint density at radius 1 is 1.00 bits per heavy atom. The van der Waals surface area contributed by atoms with Gasteiger partial charge in [-0.25, -0.2) is 4.68 Å². The van der Waals surface area contributed by atoms with Crippen LogP contribution in [0.5, 0.6) is 0 Å². The molecule has 1 heterocycles. The van der Waals surface area contributed by atoms with E-state index in [2.05, 4.69) is 49.1 Å². The van der Waals surface area contributed by atoms with Gasteiger partial charge in [-0.05, 0) is 30.7 Å². The summed E-state index contributed by atoms with van der Waals surface area (Å²) in [5.74, 6) is -0.311. The van der Waals surface area contributed by atoms with E-state index in [-0.39, 0.29) is 12.5 Å². The Labute approximate surface area is 175 Å². The first-order valence-corrected chi connectivity index (χ1v) is 10.3. The zero-order chi connectivity index (χ0) is 19.2. The third-order valence-electron chi connectivity index (χ3n) is 4.01. The number of ether oxygens (including phenoxy) is 1. The maximum absolute atomic E-state index is 12.2. The average Bonchev–Trinajstić information content (AvgIpc) is 3.06. The molecule has 27 heavy (non-hydrogen) atoms. The lowest BCUT2D eigenvalue weighted by Crippen LogP contribution is -2.16. The van der Waals surface area contributed by atoms with Crippen LogP contribution in [0.1, 0.15) is 19.8 Å². The molecule has 0 aliphatic rings. The van der Waals surface area contributed by atoms with Crippen molar-refractivity contribution in [3.63, 3.8) is 0 Å². The first-order chi connectivity index (χ1) is 13.1. The third kappa shape index (κ3) is 5.05. The molecule has 0 saturated carbocycles. The molecule has 0 N–H and O–H groups in total. The molecule has 0 saturated heterocycles.